The lowest BCUT2D eigenvalue weighted by Gasteiger charge is -2.29. The second kappa shape index (κ2) is 7.12. The fourth-order valence-electron chi connectivity index (χ4n) is 2.62. The van der Waals surface area contributed by atoms with Crippen molar-refractivity contribution < 1.29 is 24.2 Å². The molecule has 3 rings (SSSR count). The number of carboxylic acid groups (broad SMARTS) is 1. The number of aromatic carboxylic acids is 1. The third kappa shape index (κ3) is 3.52. The van der Waals surface area contributed by atoms with Crippen molar-refractivity contribution in [1.82, 2.24) is 10.3 Å². The number of thiazole rings is 1. The summed E-state index contributed by atoms with van der Waals surface area (Å²) in [4.78, 5) is 41.4. The average molecular weight is 375 g/mol. The number of aryl methyl sites for hydroxylation is 1. The van der Waals surface area contributed by atoms with E-state index in [2.05, 4.69) is 10.3 Å². The van der Waals surface area contributed by atoms with Gasteiger partial charge >= 0.3 is 5.97 Å². The highest BCUT2D eigenvalue weighted by Gasteiger charge is 2.28. The van der Waals surface area contributed by atoms with Crippen LogP contribution in [0.2, 0.25) is 0 Å². The molecule has 2 N–H and O–H groups in total. The van der Waals surface area contributed by atoms with Crippen molar-refractivity contribution in [3.63, 3.8) is 0 Å². The zero-order valence-electron chi connectivity index (χ0n) is 14.2. The number of fused-ring (bicyclic) bond motifs is 1. The molecule has 2 aromatic rings. The summed E-state index contributed by atoms with van der Waals surface area (Å²) in [5, 5.41) is 12.4. The molecule has 1 aliphatic heterocycles. The molecule has 0 saturated carbocycles. The Balaban J connectivity index is 1.70. The topological polar surface area (TPSA) is 109 Å². The number of anilines is 1. The molecule has 1 aliphatic rings. The minimum atomic E-state index is -1.04. The van der Waals surface area contributed by atoms with Crippen LogP contribution in [0.5, 0.6) is 5.75 Å². The van der Waals surface area contributed by atoms with E-state index in [1.165, 1.54) is 4.90 Å². The number of nitrogens with one attached hydrogen (secondary N) is 1. The molecule has 1 atom stereocenters. The maximum absolute atomic E-state index is 12.4. The molecular weight excluding hydrogens is 358 g/mol. The third-order valence-corrected chi connectivity index (χ3v) is 5.19. The van der Waals surface area contributed by atoms with Crippen LogP contribution in [0, 0.1) is 6.92 Å². The quantitative estimate of drug-likeness (QED) is 0.824. The Morgan fingerprint density at radius 1 is 1.42 bits per heavy atom. The number of rotatable bonds is 5. The lowest BCUT2D eigenvalue weighted by atomic mass is 10.2. The van der Waals surface area contributed by atoms with Crippen molar-refractivity contribution in [3.8, 4) is 5.75 Å². The number of carbonyl (C=O) groups is 3. The number of carbonyl (C=O) groups excluding carboxylic acids is 2. The van der Waals surface area contributed by atoms with Gasteiger partial charge in [0.2, 0.25) is 5.91 Å². The van der Waals surface area contributed by atoms with E-state index < -0.39 is 12.0 Å². The van der Waals surface area contributed by atoms with Gasteiger partial charge in [-0.15, -0.1) is 11.3 Å². The average Bonchev–Trinajstić information content (AvgIpc) is 3.00. The number of ether oxygens (including phenoxy) is 1. The third-order valence-electron chi connectivity index (χ3n) is 3.87. The van der Waals surface area contributed by atoms with E-state index in [-0.39, 0.29) is 29.8 Å². The molecule has 0 fully saturated rings. The SMILES string of the molecule is Cc1nc(C(C)NC(=O)CN2C(=O)COc3ccccc32)sc1C(=O)O. The number of benzene rings is 1. The molecule has 0 bridgehead atoms. The molecule has 0 saturated heterocycles. The van der Waals surface area contributed by atoms with Gasteiger partial charge in [0.05, 0.1) is 17.4 Å². The van der Waals surface area contributed by atoms with Crippen molar-refractivity contribution in [1.29, 1.82) is 0 Å². The van der Waals surface area contributed by atoms with Crippen molar-refractivity contribution >= 4 is 34.8 Å². The molecule has 8 nitrogen and oxygen atoms in total. The summed E-state index contributed by atoms with van der Waals surface area (Å²) in [6, 6.07) is 6.54. The van der Waals surface area contributed by atoms with Crippen LogP contribution in [-0.2, 0) is 9.59 Å². The van der Waals surface area contributed by atoms with Crippen LogP contribution in [0.25, 0.3) is 0 Å². The summed E-state index contributed by atoms with van der Waals surface area (Å²) in [7, 11) is 0. The predicted octanol–water partition coefficient (Wildman–Crippen LogP) is 1.75. The van der Waals surface area contributed by atoms with Gasteiger partial charge in [0.25, 0.3) is 5.91 Å². The van der Waals surface area contributed by atoms with Gasteiger partial charge < -0.3 is 15.2 Å². The Bertz CT molecular complexity index is 879. The van der Waals surface area contributed by atoms with Gasteiger partial charge in [0, 0.05) is 0 Å². The first kappa shape index (κ1) is 17.9. The summed E-state index contributed by atoms with van der Waals surface area (Å²) in [6.45, 7) is 3.06. The highest BCUT2D eigenvalue weighted by molar-refractivity contribution is 7.13. The van der Waals surface area contributed by atoms with E-state index in [0.29, 0.717) is 22.1 Å². The molecule has 2 heterocycles. The van der Waals surface area contributed by atoms with Gasteiger partial charge in [0.1, 0.15) is 22.2 Å². The van der Waals surface area contributed by atoms with Gasteiger partial charge in [-0.25, -0.2) is 9.78 Å². The molecule has 1 aromatic carbocycles. The number of amides is 2. The summed E-state index contributed by atoms with van der Waals surface area (Å²) in [5.74, 6) is -1.16. The lowest BCUT2D eigenvalue weighted by molar-refractivity contribution is -0.125. The first-order valence-corrected chi connectivity index (χ1v) is 8.70. The number of nitrogens with zero attached hydrogens (tertiary/aromatic N) is 2. The molecule has 136 valence electrons. The van der Waals surface area contributed by atoms with Crippen LogP contribution >= 0.6 is 11.3 Å². The lowest BCUT2D eigenvalue weighted by Crippen LogP contribution is -2.45. The van der Waals surface area contributed by atoms with Crippen LogP contribution < -0.4 is 15.0 Å². The molecular formula is C17H17N3O5S. The molecule has 0 radical (unpaired) electrons. The maximum Gasteiger partial charge on any atom is 0.347 e. The minimum Gasteiger partial charge on any atom is -0.482 e. The number of aromatic nitrogens is 1. The smallest absolute Gasteiger partial charge is 0.347 e. The van der Waals surface area contributed by atoms with E-state index in [9.17, 15) is 14.4 Å². The summed E-state index contributed by atoms with van der Waals surface area (Å²) in [6.07, 6.45) is 0. The van der Waals surface area contributed by atoms with Gasteiger partial charge in [-0.2, -0.15) is 0 Å². The molecule has 2 amide bonds. The zero-order chi connectivity index (χ0) is 18.8. The fourth-order valence-corrected chi connectivity index (χ4v) is 3.53. The zero-order valence-corrected chi connectivity index (χ0v) is 15.0. The highest BCUT2D eigenvalue weighted by atomic mass is 32.1. The summed E-state index contributed by atoms with van der Waals surface area (Å²) in [5.41, 5.74) is 0.959. The van der Waals surface area contributed by atoms with E-state index in [1.54, 1.807) is 38.1 Å². The molecule has 26 heavy (non-hydrogen) atoms. The number of carboxylic acids is 1. The predicted molar refractivity (Wildman–Crippen MR) is 94.7 cm³/mol. The van der Waals surface area contributed by atoms with Gasteiger partial charge in [-0.3, -0.25) is 14.5 Å². The van der Waals surface area contributed by atoms with E-state index in [1.807, 2.05) is 0 Å². The summed E-state index contributed by atoms with van der Waals surface area (Å²) < 4.78 is 5.35. The van der Waals surface area contributed by atoms with Crippen LogP contribution in [-0.4, -0.2) is 41.0 Å². The Kier molecular flexibility index (Phi) is 4.90. The van der Waals surface area contributed by atoms with Gasteiger partial charge in [-0.05, 0) is 26.0 Å². The Labute approximate surface area is 153 Å². The fraction of sp³-hybridized carbons (Fsp3) is 0.294. The minimum absolute atomic E-state index is 0.118. The normalized spacial score (nSPS) is 14.4. The maximum atomic E-state index is 12.4. The standard InChI is InChI=1S/C17H17N3O5S/c1-9-15(17(23)24)26-16(19-9)10(2)18-13(21)7-20-11-5-3-4-6-12(11)25-8-14(20)22/h3-6,10H,7-8H2,1-2H3,(H,18,21)(H,23,24). The second-order valence-electron chi connectivity index (χ2n) is 5.80. The molecule has 0 aliphatic carbocycles. The van der Waals surface area contributed by atoms with E-state index in [4.69, 9.17) is 9.84 Å². The molecule has 1 aromatic heterocycles. The number of hydrogen-bond donors (Lipinski definition) is 2. The first-order valence-electron chi connectivity index (χ1n) is 7.89. The van der Waals surface area contributed by atoms with Crippen LogP contribution in [0.3, 0.4) is 0 Å². The van der Waals surface area contributed by atoms with Gasteiger partial charge in [0.15, 0.2) is 6.61 Å². The van der Waals surface area contributed by atoms with Crippen molar-refractivity contribution in [2.75, 3.05) is 18.1 Å². The summed E-state index contributed by atoms with van der Waals surface area (Å²) >= 11 is 1.03. The first-order chi connectivity index (χ1) is 12.4. The highest BCUT2D eigenvalue weighted by Crippen LogP contribution is 2.31. The van der Waals surface area contributed by atoms with Crippen LogP contribution in [0.4, 0.5) is 5.69 Å². The van der Waals surface area contributed by atoms with Crippen molar-refractivity contribution in [2.24, 2.45) is 0 Å². The Hall–Kier alpha value is -2.94. The van der Waals surface area contributed by atoms with Crippen LogP contribution in [0.15, 0.2) is 24.3 Å². The monoisotopic (exact) mass is 375 g/mol. The van der Waals surface area contributed by atoms with Crippen LogP contribution in [0.1, 0.15) is 33.3 Å². The largest absolute Gasteiger partial charge is 0.482 e. The van der Waals surface area contributed by atoms with Crippen molar-refractivity contribution in [3.05, 3.63) is 39.8 Å². The number of hydrogen-bond acceptors (Lipinski definition) is 6. The van der Waals surface area contributed by atoms with Crippen molar-refractivity contribution in [2.45, 2.75) is 19.9 Å². The Morgan fingerprint density at radius 3 is 2.85 bits per heavy atom. The molecule has 0 spiro atoms. The van der Waals surface area contributed by atoms with E-state index >= 15 is 0 Å². The molecule has 1 unspecified atom stereocenters. The second-order valence-corrected chi connectivity index (χ2v) is 6.83. The van der Waals surface area contributed by atoms with Gasteiger partial charge in [-0.1, -0.05) is 12.1 Å². The number of para-hydroxylation sites is 2. The van der Waals surface area contributed by atoms with E-state index in [0.717, 1.165) is 11.3 Å². The molecule has 9 heteroatoms. The Morgan fingerprint density at radius 2 is 2.15 bits per heavy atom.